The summed E-state index contributed by atoms with van der Waals surface area (Å²) in [6.07, 6.45) is 2.84. The summed E-state index contributed by atoms with van der Waals surface area (Å²) in [5, 5.41) is 11.0. The smallest absolute Gasteiger partial charge is 0.322 e. The molecule has 0 aliphatic carbocycles. The maximum Gasteiger partial charge on any atom is 0.322 e. The lowest BCUT2D eigenvalue weighted by molar-refractivity contribution is -0.142. The number of rotatable bonds is 8. The van der Waals surface area contributed by atoms with Gasteiger partial charge in [0.05, 0.1) is 25.4 Å². The fourth-order valence-corrected chi connectivity index (χ4v) is 4.65. The van der Waals surface area contributed by atoms with E-state index in [2.05, 4.69) is 48.7 Å². The number of aliphatic hydroxyl groups is 1. The summed E-state index contributed by atoms with van der Waals surface area (Å²) in [4.78, 5) is 45.5. The number of nitrogens with two attached hydrogens (primary N) is 4. The molecule has 0 spiro atoms. The number of carbonyl (C=O) groups excluding carboxylic acids is 4. The molecule has 1 aliphatic heterocycles. The van der Waals surface area contributed by atoms with Gasteiger partial charge in [0.15, 0.2) is 0 Å². The quantitative estimate of drug-likeness (QED) is 0.145. The SMILES string of the molecule is CC(C)(C)C=O.CCO.CN.CN1C(=O)[C@H](Cc2ccccc2)N[C@@H]1C(C)(C)C.COC(=O)[C@@H](N)Cc1ccccc1.NC(=O)[C@@H](N)Cc1ccccc1. The van der Waals surface area contributed by atoms with Crippen LogP contribution in [0.3, 0.4) is 0 Å². The number of aldehydes is 1. The standard InChI is InChI=1S/C15H22N2O.C10H13NO2.C9H12N2O.C5H10O.C2H6O.CH5N/c1-15(2,3)14-16-12(13(18)17(14)4)10-11-8-6-5-7-9-11;1-13-10(12)9(11)7-8-5-3-2-4-6-8;10-8(9(11)12)6-7-4-2-1-3-5-7;1-5(2,3)4-6;1-2-3;1-2/h5-9,12,14,16H,10H2,1-4H3;2-6,9H,7,11H2,1H3;1-5,8H,6,10H2,(H2,11,12);4H,1-3H3;3H,2H2,1H3;2H2,1H3/t12-,14-;9-;8-;;;/m000.../s1. The molecule has 10 N–H and O–H groups in total. The zero-order chi connectivity index (χ0) is 41.9. The molecule has 1 fully saturated rings. The molecule has 3 aromatic rings. The van der Waals surface area contributed by atoms with Crippen molar-refractivity contribution in [1.82, 2.24) is 10.2 Å². The minimum atomic E-state index is -0.576. The van der Waals surface area contributed by atoms with Crippen molar-refractivity contribution in [3.05, 3.63) is 108 Å². The van der Waals surface area contributed by atoms with E-state index in [-0.39, 0.29) is 41.5 Å². The molecule has 4 atom stereocenters. The van der Waals surface area contributed by atoms with Crippen LogP contribution >= 0.6 is 0 Å². The van der Waals surface area contributed by atoms with Gasteiger partial charge < -0.3 is 42.5 Å². The lowest BCUT2D eigenvalue weighted by atomic mass is 9.92. The predicted octanol–water partition coefficient (Wildman–Crippen LogP) is 3.61. The number of hydrogen-bond acceptors (Lipinski definition) is 10. The highest BCUT2D eigenvalue weighted by molar-refractivity contribution is 5.84. The van der Waals surface area contributed by atoms with E-state index in [1.165, 1.54) is 19.7 Å². The highest BCUT2D eigenvalue weighted by Gasteiger charge is 2.42. The van der Waals surface area contributed by atoms with Gasteiger partial charge in [-0.15, -0.1) is 0 Å². The van der Waals surface area contributed by atoms with Crippen LogP contribution in [0.25, 0.3) is 0 Å². The molecule has 0 aromatic heterocycles. The van der Waals surface area contributed by atoms with Gasteiger partial charge in [-0.3, -0.25) is 19.7 Å². The summed E-state index contributed by atoms with van der Waals surface area (Å²) in [7, 11) is 4.73. The highest BCUT2D eigenvalue weighted by atomic mass is 16.5. The minimum Gasteiger partial charge on any atom is -0.468 e. The fourth-order valence-electron chi connectivity index (χ4n) is 4.65. The summed E-state index contributed by atoms with van der Waals surface area (Å²) < 4.78 is 4.52. The summed E-state index contributed by atoms with van der Waals surface area (Å²) in [5.74, 6) is -0.638. The fraction of sp³-hybridized carbons (Fsp3) is 0.476. The monoisotopic (exact) mass is 753 g/mol. The van der Waals surface area contributed by atoms with Gasteiger partial charge in [-0.25, -0.2) is 0 Å². The average molecular weight is 753 g/mol. The summed E-state index contributed by atoms with van der Waals surface area (Å²) in [5.41, 5.74) is 23.8. The lowest BCUT2D eigenvalue weighted by Gasteiger charge is -2.32. The maximum atomic E-state index is 12.2. The number of nitrogens with one attached hydrogen (secondary N) is 1. The number of methoxy groups -OCH3 is 1. The first-order valence-electron chi connectivity index (χ1n) is 18.0. The number of primary amides is 1. The second-order valence-corrected chi connectivity index (χ2v) is 14.4. The van der Waals surface area contributed by atoms with Crippen LogP contribution in [0.1, 0.15) is 65.2 Å². The first-order valence-corrected chi connectivity index (χ1v) is 18.0. The molecule has 302 valence electrons. The summed E-state index contributed by atoms with van der Waals surface area (Å²) >= 11 is 0. The lowest BCUT2D eigenvalue weighted by Crippen LogP contribution is -2.45. The van der Waals surface area contributed by atoms with Gasteiger partial charge in [0.25, 0.3) is 0 Å². The van der Waals surface area contributed by atoms with Crippen LogP contribution in [0.4, 0.5) is 0 Å². The van der Waals surface area contributed by atoms with Crippen molar-refractivity contribution in [3.8, 4) is 0 Å². The Morgan fingerprint density at radius 3 is 1.46 bits per heavy atom. The van der Waals surface area contributed by atoms with Crippen LogP contribution in [-0.4, -0.2) is 86.2 Å². The van der Waals surface area contributed by atoms with Crippen LogP contribution in [0.2, 0.25) is 0 Å². The number of nitrogens with zero attached hydrogens (tertiary/aromatic N) is 1. The van der Waals surface area contributed by atoms with Crippen molar-refractivity contribution < 1.29 is 29.0 Å². The molecule has 0 bridgehead atoms. The number of aliphatic hydroxyl groups excluding tert-OH is 1. The van der Waals surface area contributed by atoms with Crippen LogP contribution in [0, 0.1) is 10.8 Å². The molecule has 0 saturated carbocycles. The third-order valence-electron chi connectivity index (χ3n) is 7.31. The van der Waals surface area contributed by atoms with E-state index in [9.17, 15) is 19.2 Å². The second-order valence-electron chi connectivity index (χ2n) is 14.4. The molecule has 3 aromatic carbocycles. The Bertz CT molecular complexity index is 1430. The van der Waals surface area contributed by atoms with Crippen molar-refractivity contribution in [2.75, 3.05) is 27.8 Å². The van der Waals surface area contributed by atoms with Gasteiger partial charge >= 0.3 is 5.97 Å². The third-order valence-corrected chi connectivity index (χ3v) is 7.31. The molecule has 12 heteroatoms. The minimum absolute atomic E-state index is 0.0514. The van der Waals surface area contributed by atoms with Crippen molar-refractivity contribution in [1.29, 1.82) is 0 Å². The van der Waals surface area contributed by atoms with Crippen molar-refractivity contribution >= 4 is 24.1 Å². The molecule has 0 radical (unpaired) electrons. The van der Waals surface area contributed by atoms with E-state index in [0.717, 1.165) is 23.8 Å². The van der Waals surface area contributed by atoms with E-state index in [1.54, 1.807) is 6.92 Å². The number of ether oxygens (including phenoxy) is 1. The second kappa shape index (κ2) is 28.0. The van der Waals surface area contributed by atoms with E-state index < -0.39 is 18.0 Å². The predicted molar refractivity (Wildman–Crippen MR) is 219 cm³/mol. The van der Waals surface area contributed by atoms with E-state index in [1.807, 2.05) is 112 Å². The summed E-state index contributed by atoms with van der Waals surface area (Å²) in [6, 6.07) is 28.1. The van der Waals surface area contributed by atoms with E-state index >= 15 is 0 Å². The average Bonchev–Trinajstić information content (AvgIpc) is 3.43. The topological polar surface area (TPSA) is 217 Å². The van der Waals surface area contributed by atoms with Crippen LogP contribution in [0.5, 0.6) is 0 Å². The number of likely N-dealkylation sites (N-methyl/N-ethyl adjacent to an activating group) is 1. The Balaban J connectivity index is 0. The van der Waals surface area contributed by atoms with Crippen molar-refractivity contribution in [2.45, 2.75) is 92.0 Å². The molecule has 2 amide bonds. The first-order chi connectivity index (χ1) is 25.3. The number of hydrogen-bond donors (Lipinski definition) is 6. The Morgan fingerprint density at radius 1 is 0.815 bits per heavy atom. The number of benzene rings is 3. The Kier molecular flexibility index (Phi) is 26.8. The number of amides is 2. The van der Waals surface area contributed by atoms with Gasteiger partial charge in [-0.1, -0.05) is 133 Å². The van der Waals surface area contributed by atoms with Gasteiger partial charge in [-0.05, 0) is 55.3 Å². The zero-order valence-corrected chi connectivity index (χ0v) is 34.1. The maximum absolute atomic E-state index is 12.2. The van der Waals surface area contributed by atoms with E-state index in [4.69, 9.17) is 22.3 Å². The molecule has 1 aliphatic rings. The molecule has 12 nitrogen and oxygen atoms in total. The van der Waals surface area contributed by atoms with Crippen LogP contribution in [-0.2, 0) is 43.2 Å². The molecule has 54 heavy (non-hydrogen) atoms. The molecule has 4 rings (SSSR count). The van der Waals surface area contributed by atoms with Gasteiger partial charge in [0.1, 0.15) is 12.3 Å². The third kappa shape index (κ3) is 23.3. The Hall–Kier alpha value is -4.46. The highest BCUT2D eigenvalue weighted by Crippen LogP contribution is 2.27. The molecular weight excluding hydrogens is 684 g/mol. The largest absolute Gasteiger partial charge is 0.468 e. The number of esters is 1. The normalized spacial score (nSPS) is 15.6. The van der Waals surface area contributed by atoms with Crippen molar-refractivity contribution in [2.24, 2.45) is 33.8 Å². The Labute approximate surface area is 324 Å². The molecular formula is C42H68N6O6. The summed E-state index contributed by atoms with van der Waals surface area (Å²) in [6.45, 7) is 14.0. The molecule has 1 heterocycles. The van der Waals surface area contributed by atoms with E-state index in [0.29, 0.717) is 12.8 Å². The number of carbonyl (C=O) groups is 4. The molecule has 1 saturated heterocycles. The van der Waals surface area contributed by atoms with Crippen LogP contribution in [0.15, 0.2) is 91.0 Å². The van der Waals surface area contributed by atoms with Gasteiger partial charge in [0, 0.05) is 19.1 Å². The van der Waals surface area contributed by atoms with Crippen LogP contribution < -0.4 is 28.3 Å². The molecule has 0 unspecified atom stereocenters. The van der Waals surface area contributed by atoms with Crippen molar-refractivity contribution in [3.63, 3.8) is 0 Å². The Morgan fingerprint density at radius 2 is 1.17 bits per heavy atom. The zero-order valence-electron chi connectivity index (χ0n) is 34.1. The van der Waals surface area contributed by atoms with Gasteiger partial charge in [-0.2, -0.15) is 0 Å². The first kappa shape index (κ1) is 51.6. The van der Waals surface area contributed by atoms with Gasteiger partial charge in [0.2, 0.25) is 11.8 Å².